The van der Waals surface area contributed by atoms with Crippen LogP contribution >= 0.6 is 23.4 Å². The molecule has 0 amide bonds. The highest BCUT2D eigenvalue weighted by molar-refractivity contribution is 7.98. The fraction of sp³-hybridized carbons (Fsp3) is 0.364. The summed E-state index contributed by atoms with van der Waals surface area (Å²) < 4.78 is 38.2. The highest BCUT2D eigenvalue weighted by Gasteiger charge is 2.35. The molecule has 1 rings (SSSR count). The number of halogens is 4. The van der Waals surface area contributed by atoms with E-state index in [4.69, 9.17) is 11.6 Å². The lowest BCUT2D eigenvalue weighted by Gasteiger charge is -2.16. The molecule has 0 radical (unpaired) electrons. The second-order valence-electron chi connectivity index (χ2n) is 3.40. The number of carbonyl (C=O) groups is 1. The summed E-state index contributed by atoms with van der Waals surface area (Å²) in [6.45, 7) is 1.25. The fourth-order valence-electron chi connectivity index (χ4n) is 1.42. The largest absolute Gasteiger partial charge is 0.417 e. The van der Waals surface area contributed by atoms with Crippen molar-refractivity contribution in [1.82, 2.24) is 0 Å². The zero-order valence-electron chi connectivity index (χ0n) is 9.14. The molecule has 0 aromatic heterocycles. The quantitative estimate of drug-likeness (QED) is 0.607. The van der Waals surface area contributed by atoms with Crippen LogP contribution in [0.25, 0.3) is 0 Å². The normalized spacial score (nSPS) is 13.5. The molecule has 0 aliphatic carbocycles. The van der Waals surface area contributed by atoms with Crippen LogP contribution in [0.2, 0.25) is 0 Å². The van der Waals surface area contributed by atoms with Crippen LogP contribution in [0.15, 0.2) is 23.1 Å². The molecular formula is C11H10ClF3OS. The van der Waals surface area contributed by atoms with Crippen LogP contribution in [-0.2, 0) is 11.0 Å². The summed E-state index contributed by atoms with van der Waals surface area (Å²) in [5.41, 5.74) is -0.545. The minimum absolute atomic E-state index is 0.00944. The number of hydrogen-bond donors (Lipinski definition) is 0. The maximum atomic E-state index is 12.7. The fourth-order valence-corrected chi connectivity index (χ4v) is 2.50. The maximum Gasteiger partial charge on any atom is 0.417 e. The van der Waals surface area contributed by atoms with E-state index in [-0.39, 0.29) is 16.2 Å². The van der Waals surface area contributed by atoms with Crippen molar-refractivity contribution in [3.8, 4) is 0 Å². The average Bonchev–Trinajstić information content (AvgIpc) is 2.25. The molecule has 0 N–H and O–H groups in total. The van der Waals surface area contributed by atoms with Gasteiger partial charge >= 0.3 is 6.18 Å². The molecule has 0 spiro atoms. The maximum absolute atomic E-state index is 12.7. The third kappa shape index (κ3) is 3.16. The highest BCUT2D eigenvalue weighted by Crippen LogP contribution is 2.40. The van der Waals surface area contributed by atoms with Crippen LogP contribution in [0.4, 0.5) is 13.2 Å². The summed E-state index contributed by atoms with van der Waals surface area (Å²) in [6, 6.07) is 3.69. The lowest BCUT2D eigenvalue weighted by molar-refractivity contribution is -0.140. The molecule has 0 fully saturated rings. The van der Waals surface area contributed by atoms with Gasteiger partial charge in [0.1, 0.15) is 5.38 Å². The van der Waals surface area contributed by atoms with Gasteiger partial charge in [-0.05, 0) is 24.8 Å². The second-order valence-corrected chi connectivity index (χ2v) is 4.65. The Hall–Kier alpha value is -0.680. The Morgan fingerprint density at radius 1 is 1.41 bits per heavy atom. The zero-order valence-corrected chi connectivity index (χ0v) is 10.7. The van der Waals surface area contributed by atoms with Crippen molar-refractivity contribution in [2.75, 3.05) is 6.26 Å². The van der Waals surface area contributed by atoms with Gasteiger partial charge in [0, 0.05) is 4.90 Å². The monoisotopic (exact) mass is 282 g/mol. The Morgan fingerprint density at radius 3 is 2.41 bits per heavy atom. The Bertz CT molecular complexity index is 431. The van der Waals surface area contributed by atoms with Crippen LogP contribution in [-0.4, -0.2) is 12.0 Å². The summed E-state index contributed by atoms with van der Waals surface area (Å²) in [4.78, 5) is 11.2. The van der Waals surface area contributed by atoms with Crippen LogP contribution in [0, 0.1) is 0 Å². The molecule has 0 saturated heterocycles. The Labute approximate surface area is 106 Å². The van der Waals surface area contributed by atoms with Crippen molar-refractivity contribution < 1.29 is 18.0 Å². The SMILES string of the molecule is CSc1c(C(Cl)C(C)=O)cccc1C(F)(F)F. The van der Waals surface area contributed by atoms with Gasteiger partial charge in [0.15, 0.2) is 5.78 Å². The van der Waals surface area contributed by atoms with Crippen LogP contribution in [0.1, 0.15) is 23.4 Å². The van der Waals surface area contributed by atoms with Gasteiger partial charge in [-0.1, -0.05) is 12.1 Å². The summed E-state index contributed by atoms with van der Waals surface area (Å²) >= 11 is 6.75. The van der Waals surface area contributed by atoms with Gasteiger partial charge in [-0.15, -0.1) is 23.4 Å². The molecule has 0 saturated carbocycles. The standard InChI is InChI=1S/C11H10ClF3OS/c1-6(16)9(12)7-4-3-5-8(10(7)17-2)11(13,14)15/h3-5,9H,1-2H3. The Balaban J connectivity index is 3.39. The van der Waals surface area contributed by atoms with Crippen molar-refractivity contribution in [2.45, 2.75) is 23.4 Å². The molecule has 0 bridgehead atoms. The number of Topliss-reactive ketones (excluding diaryl/α,β-unsaturated/α-hetero) is 1. The lowest BCUT2D eigenvalue weighted by atomic mass is 10.1. The molecule has 1 unspecified atom stereocenters. The third-order valence-corrected chi connectivity index (χ3v) is 3.59. The van der Waals surface area contributed by atoms with Crippen LogP contribution in [0.5, 0.6) is 0 Å². The summed E-state index contributed by atoms with van der Waals surface area (Å²) in [6.07, 6.45) is -2.92. The molecule has 94 valence electrons. The van der Waals surface area contributed by atoms with Gasteiger partial charge in [0.25, 0.3) is 0 Å². The first kappa shape index (κ1) is 14.4. The van der Waals surface area contributed by atoms with E-state index in [1.807, 2.05) is 0 Å². The van der Waals surface area contributed by atoms with E-state index in [0.717, 1.165) is 17.8 Å². The van der Waals surface area contributed by atoms with Crippen molar-refractivity contribution in [3.63, 3.8) is 0 Å². The van der Waals surface area contributed by atoms with E-state index in [1.54, 1.807) is 0 Å². The minimum atomic E-state index is -4.44. The number of ketones is 1. The first-order valence-electron chi connectivity index (χ1n) is 4.67. The molecule has 1 nitrogen and oxygen atoms in total. The molecule has 0 aliphatic heterocycles. The lowest BCUT2D eigenvalue weighted by Crippen LogP contribution is -2.11. The van der Waals surface area contributed by atoms with E-state index in [0.29, 0.717) is 0 Å². The van der Waals surface area contributed by atoms with Crippen molar-refractivity contribution >= 4 is 29.1 Å². The van der Waals surface area contributed by atoms with E-state index in [2.05, 4.69) is 0 Å². The van der Waals surface area contributed by atoms with Gasteiger partial charge in [0.05, 0.1) is 5.56 Å². The van der Waals surface area contributed by atoms with Crippen molar-refractivity contribution in [3.05, 3.63) is 29.3 Å². The number of benzene rings is 1. The van der Waals surface area contributed by atoms with Crippen LogP contribution in [0.3, 0.4) is 0 Å². The summed E-state index contributed by atoms with van der Waals surface area (Å²) in [7, 11) is 0. The number of rotatable bonds is 3. The van der Waals surface area contributed by atoms with Gasteiger partial charge in [-0.3, -0.25) is 4.79 Å². The van der Waals surface area contributed by atoms with E-state index < -0.39 is 17.1 Å². The molecular weight excluding hydrogens is 273 g/mol. The molecule has 6 heteroatoms. The number of thioether (sulfide) groups is 1. The van der Waals surface area contributed by atoms with E-state index in [1.165, 1.54) is 25.3 Å². The topological polar surface area (TPSA) is 17.1 Å². The smallest absolute Gasteiger partial charge is 0.298 e. The predicted molar refractivity (Wildman–Crippen MR) is 62.5 cm³/mol. The van der Waals surface area contributed by atoms with E-state index in [9.17, 15) is 18.0 Å². The molecule has 1 aromatic rings. The van der Waals surface area contributed by atoms with Crippen LogP contribution < -0.4 is 0 Å². The zero-order chi connectivity index (χ0) is 13.2. The molecule has 1 atom stereocenters. The number of hydrogen-bond acceptors (Lipinski definition) is 2. The molecule has 17 heavy (non-hydrogen) atoms. The summed E-state index contributed by atoms with van der Waals surface area (Å²) in [5, 5.41) is -1.04. The first-order valence-corrected chi connectivity index (χ1v) is 6.33. The van der Waals surface area contributed by atoms with Gasteiger partial charge in [-0.25, -0.2) is 0 Å². The van der Waals surface area contributed by atoms with Gasteiger partial charge in [-0.2, -0.15) is 13.2 Å². The number of carbonyl (C=O) groups excluding carboxylic acids is 1. The molecule has 0 aliphatic rings. The van der Waals surface area contributed by atoms with Gasteiger partial charge < -0.3 is 0 Å². The van der Waals surface area contributed by atoms with E-state index >= 15 is 0 Å². The molecule has 1 aromatic carbocycles. The Kier molecular flexibility index (Phi) is 4.49. The van der Waals surface area contributed by atoms with Crippen molar-refractivity contribution in [2.24, 2.45) is 0 Å². The van der Waals surface area contributed by atoms with Gasteiger partial charge in [0.2, 0.25) is 0 Å². The van der Waals surface area contributed by atoms with Crippen molar-refractivity contribution in [1.29, 1.82) is 0 Å². The molecule has 0 heterocycles. The predicted octanol–water partition coefficient (Wildman–Crippen LogP) is 4.30. The third-order valence-electron chi connectivity index (χ3n) is 2.18. The average molecular weight is 283 g/mol. The highest BCUT2D eigenvalue weighted by atomic mass is 35.5. The first-order chi connectivity index (χ1) is 7.79. The number of alkyl halides is 4. The Morgan fingerprint density at radius 2 is 2.00 bits per heavy atom. The second kappa shape index (κ2) is 5.31. The minimum Gasteiger partial charge on any atom is -0.298 e. The summed E-state index contributed by atoms with van der Waals surface area (Å²) in [5.74, 6) is -0.374.